The lowest BCUT2D eigenvalue weighted by molar-refractivity contribution is 0.105. The van der Waals surface area contributed by atoms with Gasteiger partial charge < -0.3 is 0 Å². The highest BCUT2D eigenvalue weighted by Gasteiger charge is 2.08. The first-order valence-electron chi connectivity index (χ1n) is 4.61. The summed E-state index contributed by atoms with van der Waals surface area (Å²) in [7, 11) is -1.43. The van der Waals surface area contributed by atoms with Crippen molar-refractivity contribution in [1.82, 2.24) is 0 Å². The molecule has 0 heterocycles. The average Bonchev–Trinajstić information content (AvgIpc) is 2.14. The summed E-state index contributed by atoms with van der Waals surface area (Å²) < 4.78 is 0. The summed E-state index contributed by atoms with van der Waals surface area (Å²) in [5, 5.41) is 0. The van der Waals surface area contributed by atoms with Gasteiger partial charge in [-0.1, -0.05) is 50.0 Å². The lowest BCUT2D eigenvalue weighted by Crippen LogP contribution is -2.17. The molecule has 1 aromatic rings. The van der Waals surface area contributed by atoms with Gasteiger partial charge in [0, 0.05) is 5.56 Å². The molecule has 0 radical (unpaired) electrons. The molecule has 2 heteroatoms. The van der Waals surface area contributed by atoms with Crippen molar-refractivity contribution in [3.63, 3.8) is 0 Å². The molecule has 0 aromatic heterocycles. The standard InChI is InChI=1S/C12H14OSi/c1-14(2,3)10-9-12(13)11-7-5-4-6-8-11/h4-8H,1-3H3/i12+1. The molecule has 0 saturated carbocycles. The molecule has 0 unspecified atom stereocenters. The highest BCUT2D eigenvalue weighted by molar-refractivity contribution is 6.84. The highest BCUT2D eigenvalue weighted by Crippen LogP contribution is 2.00. The molecule has 0 spiro atoms. The Hall–Kier alpha value is -1.33. The zero-order valence-electron chi connectivity index (χ0n) is 8.79. The molecule has 0 fully saturated rings. The molecular formula is C12H14OSi. The minimum absolute atomic E-state index is 0.0759. The van der Waals surface area contributed by atoms with E-state index in [4.69, 9.17) is 0 Å². The van der Waals surface area contributed by atoms with Gasteiger partial charge in [0.25, 0.3) is 0 Å². The van der Waals surface area contributed by atoms with Crippen molar-refractivity contribution in [2.45, 2.75) is 19.6 Å². The summed E-state index contributed by atoms with van der Waals surface area (Å²) in [6.45, 7) is 6.37. The van der Waals surface area contributed by atoms with Gasteiger partial charge >= 0.3 is 0 Å². The molecule has 0 aliphatic rings. The Kier molecular flexibility index (Phi) is 3.26. The van der Waals surface area contributed by atoms with Crippen LogP contribution in [0.2, 0.25) is 19.6 Å². The van der Waals surface area contributed by atoms with Gasteiger partial charge in [0.05, 0.1) is 0 Å². The van der Waals surface area contributed by atoms with Crippen molar-refractivity contribution in [2.75, 3.05) is 0 Å². The number of carbonyl (C=O) groups excluding carboxylic acids is 1. The van der Waals surface area contributed by atoms with Gasteiger partial charge in [0.1, 0.15) is 8.07 Å². The first kappa shape index (κ1) is 10.7. The predicted molar refractivity (Wildman–Crippen MR) is 61.9 cm³/mol. The Morgan fingerprint density at radius 2 is 1.71 bits per heavy atom. The Balaban J connectivity index is 2.82. The van der Waals surface area contributed by atoms with E-state index in [1.54, 1.807) is 12.1 Å². The Morgan fingerprint density at radius 3 is 2.21 bits per heavy atom. The van der Waals surface area contributed by atoms with Gasteiger partial charge in [0.15, 0.2) is 0 Å². The molecule has 1 aromatic carbocycles. The number of hydrogen-bond acceptors (Lipinski definition) is 1. The zero-order chi connectivity index (χ0) is 10.6. The highest BCUT2D eigenvalue weighted by atomic mass is 28.3. The van der Waals surface area contributed by atoms with Crippen LogP contribution >= 0.6 is 0 Å². The van der Waals surface area contributed by atoms with Crippen molar-refractivity contribution in [2.24, 2.45) is 0 Å². The third-order valence-electron chi connectivity index (χ3n) is 1.59. The molecule has 72 valence electrons. The fourth-order valence-corrected chi connectivity index (χ4v) is 1.39. The van der Waals surface area contributed by atoms with Crippen molar-refractivity contribution < 1.29 is 4.79 Å². The van der Waals surface area contributed by atoms with E-state index in [1.807, 2.05) is 18.2 Å². The van der Waals surface area contributed by atoms with Gasteiger partial charge in [0.2, 0.25) is 5.78 Å². The van der Waals surface area contributed by atoms with Gasteiger partial charge in [-0.25, -0.2) is 0 Å². The van der Waals surface area contributed by atoms with Crippen LogP contribution in [-0.2, 0) is 0 Å². The summed E-state index contributed by atoms with van der Waals surface area (Å²) in [5.41, 5.74) is 3.74. The van der Waals surface area contributed by atoms with Crippen LogP contribution in [0.5, 0.6) is 0 Å². The quantitative estimate of drug-likeness (QED) is 0.297. The SMILES string of the molecule is C[Si](C)(C)C#C[13C](=O)c1ccccc1. The molecule has 0 N–H and O–H groups in total. The molecule has 0 atom stereocenters. The molecule has 0 saturated heterocycles. The van der Waals surface area contributed by atoms with Crippen molar-refractivity contribution in [3.05, 3.63) is 35.9 Å². The maximum Gasteiger partial charge on any atom is 0.235 e. The first-order valence-corrected chi connectivity index (χ1v) is 8.11. The minimum atomic E-state index is -1.43. The van der Waals surface area contributed by atoms with E-state index in [0.717, 1.165) is 0 Å². The Morgan fingerprint density at radius 1 is 1.14 bits per heavy atom. The van der Waals surface area contributed by atoms with E-state index >= 15 is 0 Å². The number of carbonyl (C=O) groups is 1. The van der Waals surface area contributed by atoms with E-state index in [0.29, 0.717) is 5.56 Å². The Bertz CT molecular complexity index is 376. The third-order valence-corrected chi connectivity index (χ3v) is 2.46. The smallest absolute Gasteiger partial charge is 0.235 e. The summed E-state index contributed by atoms with van der Waals surface area (Å²) in [4.78, 5) is 11.5. The lowest BCUT2D eigenvalue weighted by Gasteiger charge is -2.02. The third kappa shape index (κ3) is 3.59. The number of benzene rings is 1. The Labute approximate surface area is 86.2 Å². The fraction of sp³-hybridized carbons (Fsp3) is 0.250. The second-order valence-electron chi connectivity index (χ2n) is 4.20. The molecule has 1 nitrogen and oxygen atoms in total. The summed E-state index contributed by atoms with van der Waals surface area (Å²) in [5.74, 6) is 2.64. The fourth-order valence-electron chi connectivity index (χ4n) is 0.906. The van der Waals surface area contributed by atoms with Crippen LogP contribution in [0.1, 0.15) is 10.4 Å². The molecule has 0 amide bonds. The minimum Gasteiger partial charge on any atom is -0.279 e. The molecule has 0 bridgehead atoms. The molecule has 0 aliphatic heterocycles. The summed E-state index contributed by atoms with van der Waals surface area (Å²) in [6, 6.07) is 9.18. The van der Waals surface area contributed by atoms with Gasteiger partial charge in [-0.2, -0.15) is 0 Å². The van der Waals surface area contributed by atoms with E-state index in [2.05, 4.69) is 31.1 Å². The molecule has 0 aliphatic carbocycles. The van der Waals surface area contributed by atoms with Crippen LogP contribution in [0, 0.1) is 11.5 Å². The number of Topliss-reactive ketones (excluding diaryl/α,β-unsaturated/α-hetero) is 1. The van der Waals surface area contributed by atoms with Gasteiger partial charge in [-0.3, -0.25) is 4.79 Å². The lowest BCUT2D eigenvalue weighted by atomic mass is 10.3. The first-order chi connectivity index (χ1) is 6.49. The zero-order valence-corrected chi connectivity index (χ0v) is 9.79. The maximum absolute atomic E-state index is 11.5. The monoisotopic (exact) mass is 203 g/mol. The molecule has 14 heavy (non-hydrogen) atoms. The van der Waals surface area contributed by atoms with E-state index in [9.17, 15) is 4.79 Å². The van der Waals surface area contributed by atoms with Crippen LogP contribution in [0.4, 0.5) is 0 Å². The summed E-state index contributed by atoms with van der Waals surface area (Å²) in [6.07, 6.45) is 0. The van der Waals surface area contributed by atoms with Crippen LogP contribution in [0.15, 0.2) is 30.3 Å². The summed E-state index contributed by atoms with van der Waals surface area (Å²) >= 11 is 0. The normalized spacial score (nSPS) is 10.2. The maximum atomic E-state index is 11.5. The van der Waals surface area contributed by atoms with Gasteiger partial charge in [-0.05, 0) is 5.92 Å². The van der Waals surface area contributed by atoms with Gasteiger partial charge in [-0.15, -0.1) is 5.54 Å². The van der Waals surface area contributed by atoms with Crippen molar-refractivity contribution in [3.8, 4) is 11.5 Å². The van der Waals surface area contributed by atoms with Crippen molar-refractivity contribution >= 4 is 13.9 Å². The average molecular weight is 203 g/mol. The topological polar surface area (TPSA) is 17.1 Å². The number of rotatable bonds is 1. The molecule has 1 rings (SSSR count). The van der Waals surface area contributed by atoms with Crippen LogP contribution < -0.4 is 0 Å². The second-order valence-corrected chi connectivity index (χ2v) is 8.95. The second kappa shape index (κ2) is 4.25. The van der Waals surface area contributed by atoms with E-state index < -0.39 is 8.07 Å². The van der Waals surface area contributed by atoms with Crippen molar-refractivity contribution in [1.29, 1.82) is 0 Å². The van der Waals surface area contributed by atoms with Crippen LogP contribution in [0.25, 0.3) is 0 Å². The number of hydrogen-bond donors (Lipinski definition) is 0. The molecular weight excluding hydrogens is 189 g/mol. The van der Waals surface area contributed by atoms with Crippen LogP contribution in [-0.4, -0.2) is 13.9 Å². The number of ketones is 1. The largest absolute Gasteiger partial charge is 0.279 e. The van der Waals surface area contributed by atoms with Crippen LogP contribution in [0.3, 0.4) is 0 Å². The van der Waals surface area contributed by atoms with E-state index in [-0.39, 0.29) is 5.78 Å². The predicted octanol–water partition coefficient (Wildman–Crippen LogP) is 2.75. The van der Waals surface area contributed by atoms with E-state index in [1.165, 1.54) is 0 Å².